The smallest absolute Gasteiger partial charge is 0.303 e. The van der Waals surface area contributed by atoms with E-state index >= 15 is 0 Å². The number of anilines is 1. The van der Waals surface area contributed by atoms with Gasteiger partial charge in [0.15, 0.2) is 0 Å². The minimum atomic E-state index is -0.828. The second-order valence-electron chi connectivity index (χ2n) is 3.64. The standard InChI is InChI=1S/C13H15NO3/c1-2-4-12(15)14-11-6-3-5-10(9-11)7-8-13(16)17/h2-3,5-6,9H,1,4,7-8H2,(H,14,15)(H,16,17). The molecule has 90 valence electrons. The number of hydrogen-bond donors (Lipinski definition) is 2. The fraction of sp³-hybridized carbons (Fsp3) is 0.231. The van der Waals surface area contributed by atoms with Crippen molar-refractivity contribution in [2.24, 2.45) is 0 Å². The summed E-state index contributed by atoms with van der Waals surface area (Å²) in [5.41, 5.74) is 1.57. The molecule has 1 amide bonds. The van der Waals surface area contributed by atoms with Gasteiger partial charge < -0.3 is 10.4 Å². The Balaban J connectivity index is 2.62. The number of carbonyl (C=O) groups is 2. The number of hydrogen-bond acceptors (Lipinski definition) is 2. The van der Waals surface area contributed by atoms with Crippen LogP contribution in [-0.4, -0.2) is 17.0 Å². The lowest BCUT2D eigenvalue weighted by molar-refractivity contribution is -0.137. The Morgan fingerprint density at radius 3 is 2.82 bits per heavy atom. The maximum atomic E-state index is 11.3. The zero-order chi connectivity index (χ0) is 12.7. The molecule has 1 aromatic rings. The van der Waals surface area contributed by atoms with Crippen LogP contribution in [0.1, 0.15) is 18.4 Å². The molecule has 1 aromatic carbocycles. The van der Waals surface area contributed by atoms with Gasteiger partial charge in [0, 0.05) is 18.5 Å². The molecule has 0 spiro atoms. The highest BCUT2D eigenvalue weighted by molar-refractivity contribution is 5.91. The van der Waals surface area contributed by atoms with Crippen LogP contribution in [0.3, 0.4) is 0 Å². The Labute approximate surface area is 100.0 Å². The van der Waals surface area contributed by atoms with Crippen LogP contribution >= 0.6 is 0 Å². The Morgan fingerprint density at radius 1 is 1.41 bits per heavy atom. The molecule has 0 aromatic heterocycles. The molecule has 0 heterocycles. The van der Waals surface area contributed by atoms with Crippen molar-refractivity contribution in [1.29, 1.82) is 0 Å². The van der Waals surface area contributed by atoms with Crippen LogP contribution in [0.5, 0.6) is 0 Å². The first-order valence-corrected chi connectivity index (χ1v) is 5.33. The summed E-state index contributed by atoms with van der Waals surface area (Å²) < 4.78 is 0. The summed E-state index contributed by atoms with van der Waals surface area (Å²) in [7, 11) is 0. The minimum Gasteiger partial charge on any atom is -0.481 e. The monoisotopic (exact) mass is 233 g/mol. The van der Waals surface area contributed by atoms with E-state index in [4.69, 9.17) is 5.11 Å². The van der Waals surface area contributed by atoms with Gasteiger partial charge in [0.2, 0.25) is 5.91 Å². The molecule has 0 fully saturated rings. The van der Waals surface area contributed by atoms with Crippen LogP contribution in [0, 0.1) is 0 Å². The van der Waals surface area contributed by atoms with Gasteiger partial charge in [-0.2, -0.15) is 0 Å². The van der Waals surface area contributed by atoms with Crippen molar-refractivity contribution in [2.75, 3.05) is 5.32 Å². The fourth-order valence-electron chi connectivity index (χ4n) is 1.40. The molecule has 0 aliphatic rings. The van der Waals surface area contributed by atoms with Crippen LogP contribution in [0.4, 0.5) is 5.69 Å². The lowest BCUT2D eigenvalue weighted by Crippen LogP contribution is -2.10. The Morgan fingerprint density at radius 2 is 2.18 bits per heavy atom. The number of amides is 1. The predicted molar refractivity (Wildman–Crippen MR) is 65.8 cm³/mol. The van der Waals surface area contributed by atoms with Gasteiger partial charge in [0.25, 0.3) is 0 Å². The van der Waals surface area contributed by atoms with Gasteiger partial charge in [-0.1, -0.05) is 18.2 Å². The Kier molecular flexibility index (Phi) is 4.94. The number of rotatable bonds is 6. The molecule has 4 nitrogen and oxygen atoms in total. The van der Waals surface area contributed by atoms with Gasteiger partial charge in [-0.15, -0.1) is 6.58 Å². The molecule has 2 N–H and O–H groups in total. The van der Waals surface area contributed by atoms with Crippen molar-refractivity contribution in [1.82, 2.24) is 0 Å². The summed E-state index contributed by atoms with van der Waals surface area (Å²) in [6.07, 6.45) is 2.34. The van der Waals surface area contributed by atoms with Crippen LogP contribution in [-0.2, 0) is 16.0 Å². The lowest BCUT2D eigenvalue weighted by atomic mass is 10.1. The van der Waals surface area contributed by atoms with Crippen molar-refractivity contribution < 1.29 is 14.7 Å². The maximum Gasteiger partial charge on any atom is 0.303 e. The first-order valence-electron chi connectivity index (χ1n) is 5.33. The second-order valence-corrected chi connectivity index (χ2v) is 3.64. The number of aryl methyl sites for hydroxylation is 1. The van der Waals surface area contributed by atoms with Gasteiger partial charge in [-0.25, -0.2) is 0 Å². The fourth-order valence-corrected chi connectivity index (χ4v) is 1.40. The highest BCUT2D eigenvalue weighted by Gasteiger charge is 2.02. The molecule has 0 aliphatic heterocycles. The van der Waals surface area contributed by atoms with E-state index in [1.807, 2.05) is 6.07 Å². The zero-order valence-electron chi connectivity index (χ0n) is 9.48. The van der Waals surface area contributed by atoms with E-state index in [1.165, 1.54) is 6.08 Å². The molecule has 0 atom stereocenters. The molecule has 17 heavy (non-hydrogen) atoms. The van der Waals surface area contributed by atoms with E-state index in [9.17, 15) is 9.59 Å². The van der Waals surface area contributed by atoms with Crippen molar-refractivity contribution >= 4 is 17.6 Å². The topological polar surface area (TPSA) is 66.4 Å². The number of carbonyl (C=O) groups excluding carboxylic acids is 1. The molecular weight excluding hydrogens is 218 g/mol. The molecule has 0 radical (unpaired) electrons. The van der Waals surface area contributed by atoms with Crippen LogP contribution in [0.15, 0.2) is 36.9 Å². The summed E-state index contributed by atoms with van der Waals surface area (Å²) in [6.45, 7) is 3.48. The maximum absolute atomic E-state index is 11.3. The van der Waals surface area contributed by atoms with E-state index in [2.05, 4.69) is 11.9 Å². The summed E-state index contributed by atoms with van der Waals surface area (Å²) in [5, 5.41) is 11.3. The van der Waals surface area contributed by atoms with Gasteiger partial charge in [0.05, 0.1) is 0 Å². The average molecular weight is 233 g/mol. The van der Waals surface area contributed by atoms with Crippen LogP contribution in [0.2, 0.25) is 0 Å². The summed E-state index contributed by atoms with van der Waals surface area (Å²) in [6, 6.07) is 7.18. The SMILES string of the molecule is C=CCC(=O)Nc1cccc(CCC(=O)O)c1. The normalized spacial score (nSPS) is 9.65. The minimum absolute atomic E-state index is 0.0874. The zero-order valence-corrected chi connectivity index (χ0v) is 9.48. The first kappa shape index (κ1) is 13.0. The first-order chi connectivity index (χ1) is 8.11. The molecule has 0 unspecified atom stereocenters. The third-order valence-electron chi connectivity index (χ3n) is 2.17. The number of carboxylic acid groups (broad SMARTS) is 1. The molecule has 0 bridgehead atoms. The van der Waals surface area contributed by atoms with Crippen molar-refractivity contribution in [3.8, 4) is 0 Å². The summed E-state index contributed by atoms with van der Waals surface area (Å²) in [5.74, 6) is -0.957. The second kappa shape index (κ2) is 6.48. The highest BCUT2D eigenvalue weighted by Crippen LogP contribution is 2.12. The number of aliphatic carboxylic acids is 1. The van der Waals surface area contributed by atoms with Gasteiger partial charge in [-0.3, -0.25) is 9.59 Å². The largest absolute Gasteiger partial charge is 0.481 e. The van der Waals surface area contributed by atoms with Crippen molar-refractivity contribution in [3.63, 3.8) is 0 Å². The quantitative estimate of drug-likeness (QED) is 0.740. The van der Waals surface area contributed by atoms with E-state index in [0.29, 0.717) is 12.1 Å². The summed E-state index contributed by atoms with van der Waals surface area (Å²) >= 11 is 0. The van der Waals surface area contributed by atoms with E-state index in [1.54, 1.807) is 18.2 Å². The molecule has 0 saturated carbocycles. The predicted octanol–water partition coefficient (Wildman–Crippen LogP) is 2.22. The molecule has 0 aliphatic carbocycles. The van der Waals surface area contributed by atoms with E-state index < -0.39 is 5.97 Å². The third kappa shape index (κ3) is 4.97. The number of nitrogens with one attached hydrogen (secondary N) is 1. The Hall–Kier alpha value is -2.10. The van der Waals surface area contributed by atoms with E-state index in [-0.39, 0.29) is 18.7 Å². The van der Waals surface area contributed by atoms with Gasteiger partial charge >= 0.3 is 5.97 Å². The molecular formula is C13H15NO3. The van der Waals surface area contributed by atoms with Gasteiger partial charge in [-0.05, 0) is 24.1 Å². The van der Waals surface area contributed by atoms with E-state index in [0.717, 1.165) is 5.56 Å². The van der Waals surface area contributed by atoms with Crippen LogP contribution < -0.4 is 5.32 Å². The number of carboxylic acids is 1. The Bertz CT molecular complexity index is 426. The van der Waals surface area contributed by atoms with Gasteiger partial charge in [0.1, 0.15) is 0 Å². The van der Waals surface area contributed by atoms with Crippen LogP contribution in [0.25, 0.3) is 0 Å². The third-order valence-corrected chi connectivity index (χ3v) is 2.17. The molecule has 4 heteroatoms. The highest BCUT2D eigenvalue weighted by atomic mass is 16.4. The molecule has 1 rings (SSSR count). The molecule has 0 saturated heterocycles. The van der Waals surface area contributed by atoms with Crippen molar-refractivity contribution in [3.05, 3.63) is 42.5 Å². The lowest BCUT2D eigenvalue weighted by Gasteiger charge is -2.05. The summed E-state index contributed by atoms with van der Waals surface area (Å²) in [4.78, 5) is 21.8. The average Bonchev–Trinajstić information content (AvgIpc) is 2.27. The number of benzene rings is 1. The van der Waals surface area contributed by atoms with Crippen molar-refractivity contribution in [2.45, 2.75) is 19.3 Å².